The number of hydrogen-bond acceptors (Lipinski definition) is 4. The highest BCUT2D eigenvalue weighted by Gasteiger charge is 2.16. The van der Waals surface area contributed by atoms with Crippen LogP contribution >= 0.6 is 0 Å². The second-order valence-electron chi connectivity index (χ2n) is 4.82. The van der Waals surface area contributed by atoms with Crippen LogP contribution < -0.4 is 10.6 Å². The molecule has 1 atom stereocenters. The number of rotatable bonds is 8. The van der Waals surface area contributed by atoms with Crippen molar-refractivity contribution in [2.75, 3.05) is 38.9 Å². The van der Waals surface area contributed by atoms with Crippen LogP contribution in [-0.2, 0) is 16.0 Å². The van der Waals surface area contributed by atoms with E-state index in [-0.39, 0.29) is 0 Å². The second-order valence-corrected chi connectivity index (χ2v) is 4.82. The third kappa shape index (κ3) is 4.49. The summed E-state index contributed by atoms with van der Waals surface area (Å²) in [6, 6.07) is 6.68. The molecule has 1 aromatic carbocycles. The average Bonchev–Trinajstić information content (AvgIpc) is 2.40. The summed E-state index contributed by atoms with van der Waals surface area (Å²) in [5, 5.41) is 0. The monoisotopic (exact) mass is 266 g/mol. The van der Waals surface area contributed by atoms with Crippen molar-refractivity contribution in [1.29, 1.82) is 0 Å². The molecule has 0 amide bonds. The molecule has 0 fully saturated rings. The van der Waals surface area contributed by atoms with Crippen molar-refractivity contribution in [3.05, 3.63) is 29.3 Å². The Bertz CT molecular complexity index is 382. The summed E-state index contributed by atoms with van der Waals surface area (Å²) >= 11 is 0. The molecule has 0 heterocycles. The molecule has 1 aromatic rings. The van der Waals surface area contributed by atoms with Gasteiger partial charge >= 0.3 is 0 Å². The Morgan fingerprint density at radius 3 is 2.53 bits per heavy atom. The van der Waals surface area contributed by atoms with E-state index in [1.54, 1.807) is 14.2 Å². The van der Waals surface area contributed by atoms with Gasteiger partial charge in [0.15, 0.2) is 0 Å². The minimum absolute atomic E-state index is 0.308. The van der Waals surface area contributed by atoms with Gasteiger partial charge in [0, 0.05) is 39.0 Å². The highest BCUT2D eigenvalue weighted by molar-refractivity contribution is 5.55. The number of benzene rings is 1. The molecule has 0 aromatic heterocycles. The van der Waals surface area contributed by atoms with Crippen LogP contribution in [0.3, 0.4) is 0 Å². The SMILES string of the molecule is COCCN(c1ccc(CN)cc1C)C(C)COC. The highest BCUT2D eigenvalue weighted by atomic mass is 16.5. The Balaban J connectivity index is 2.95. The summed E-state index contributed by atoms with van der Waals surface area (Å²) in [4.78, 5) is 2.32. The molecule has 0 saturated carbocycles. The predicted octanol–water partition coefficient (Wildman–Crippen LogP) is 1.94. The van der Waals surface area contributed by atoms with Crippen molar-refractivity contribution < 1.29 is 9.47 Å². The first-order valence-electron chi connectivity index (χ1n) is 6.68. The van der Waals surface area contributed by atoms with Gasteiger partial charge in [0.05, 0.1) is 13.2 Å². The fourth-order valence-electron chi connectivity index (χ4n) is 2.27. The van der Waals surface area contributed by atoms with Gasteiger partial charge in [0.2, 0.25) is 0 Å². The fourth-order valence-corrected chi connectivity index (χ4v) is 2.27. The fraction of sp³-hybridized carbons (Fsp3) is 0.600. The maximum absolute atomic E-state index is 5.68. The molecule has 4 heteroatoms. The van der Waals surface area contributed by atoms with Crippen LogP contribution in [0.4, 0.5) is 5.69 Å². The molecule has 0 aliphatic heterocycles. The number of aryl methyl sites for hydroxylation is 1. The van der Waals surface area contributed by atoms with Crippen LogP contribution in [-0.4, -0.2) is 40.0 Å². The van der Waals surface area contributed by atoms with Crippen molar-refractivity contribution in [2.24, 2.45) is 5.73 Å². The first-order valence-corrected chi connectivity index (χ1v) is 6.68. The molecular weight excluding hydrogens is 240 g/mol. The molecule has 0 aliphatic rings. The van der Waals surface area contributed by atoms with Gasteiger partial charge in [-0.3, -0.25) is 0 Å². The van der Waals surface area contributed by atoms with E-state index in [0.29, 0.717) is 25.8 Å². The lowest BCUT2D eigenvalue weighted by molar-refractivity contribution is 0.171. The first-order chi connectivity index (χ1) is 9.13. The summed E-state index contributed by atoms with van der Waals surface area (Å²) in [5.41, 5.74) is 9.30. The third-order valence-corrected chi connectivity index (χ3v) is 3.28. The summed E-state index contributed by atoms with van der Waals surface area (Å²) in [7, 11) is 3.46. The maximum Gasteiger partial charge on any atom is 0.0663 e. The smallest absolute Gasteiger partial charge is 0.0663 e. The average molecular weight is 266 g/mol. The Hall–Kier alpha value is -1.10. The van der Waals surface area contributed by atoms with Crippen LogP contribution in [0.1, 0.15) is 18.1 Å². The maximum atomic E-state index is 5.68. The zero-order valence-electron chi connectivity index (χ0n) is 12.5. The molecule has 2 N–H and O–H groups in total. The second kappa shape index (κ2) is 8.15. The molecule has 4 nitrogen and oxygen atoms in total. The first kappa shape index (κ1) is 16.0. The number of hydrogen-bond donors (Lipinski definition) is 1. The van der Waals surface area contributed by atoms with Gasteiger partial charge in [0.1, 0.15) is 0 Å². The zero-order valence-corrected chi connectivity index (χ0v) is 12.5. The molecule has 0 saturated heterocycles. The molecule has 1 unspecified atom stereocenters. The van der Waals surface area contributed by atoms with Crippen molar-refractivity contribution in [3.63, 3.8) is 0 Å². The van der Waals surface area contributed by atoms with Crippen molar-refractivity contribution in [3.8, 4) is 0 Å². The zero-order chi connectivity index (χ0) is 14.3. The van der Waals surface area contributed by atoms with Gasteiger partial charge in [-0.2, -0.15) is 0 Å². The summed E-state index contributed by atoms with van der Waals surface area (Å²) in [6.45, 7) is 7.11. The molecule has 0 radical (unpaired) electrons. The van der Waals surface area contributed by atoms with Crippen LogP contribution in [0.15, 0.2) is 18.2 Å². The Morgan fingerprint density at radius 2 is 2.00 bits per heavy atom. The van der Waals surface area contributed by atoms with Gasteiger partial charge in [-0.1, -0.05) is 12.1 Å². The summed E-state index contributed by atoms with van der Waals surface area (Å²) < 4.78 is 10.5. The number of ether oxygens (including phenoxy) is 2. The lowest BCUT2D eigenvalue weighted by Gasteiger charge is -2.32. The highest BCUT2D eigenvalue weighted by Crippen LogP contribution is 2.23. The van der Waals surface area contributed by atoms with E-state index in [4.69, 9.17) is 15.2 Å². The van der Waals surface area contributed by atoms with Gasteiger partial charge in [-0.25, -0.2) is 0 Å². The van der Waals surface area contributed by atoms with Crippen LogP contribution in [0.2, 0.25) is 0 Å². The van der Waals surface area contributed by atoms with E-state index < -0.39 is 0 Å². The van der Waals surface area contributed by atoms with E-state index in [0.717, 1.165) is 12.1 Å². The minimum atomic E-state index is 0.308. The van der Waals surface area contributed by atoms with Crippen molar-refractivity contribution in [2.45, 2.75) is 26.4 Å². The Kier molecular flexibility index (Phi) is 6.84. The summed E-state index contributed by atoms with van der Waals surface area (Å²) in [6.07, 6.45) is 0. The van der Waals surface area contributed by atoms with E-state index in [1.165, 1.54) is 11.3 Å². The van der Waals surface area contributed by atoms with E-state index >= 15 is 0 Å². The third-order valence-electron chi connectivity index (χ3n) is 3.28. The van der Waals surface area contributed by atoms with E-state index in [1.807, 2.05) is 0 Å². The van der Waals surface area contributed by atoms with Crippen molar-refractivity contribution >= 4 is 5.69 Å². The Labute approximate surface area is 116 Å². The molecule has 1 rings (SSSR count). The predicted molar refractivity (Wildman–Crippen MR) is 79.6 cm³/mol. The van der Waals surface area contributed by atoms with E-state index in [2.05, 4.69) is 36.9 Å². The molecule has 0 aliphatic carbocycles. The molecular formula is C15H26N2O2. The molecule has 0 bridgehead atoms. The molecule has 0 spiro atoms. The van der Waals surface area contributed by atoms with Crippen LogP contribution in [0, 0.1) is 6.92 Å². The molecule has 19 heavy (non-hydrogen) atoms. The quantitative estimate of drug-likeness (QED) is 0.781. The lowest BCUT2D eigenvalue weighted by atomic mass is 10.1. The number of methoxy groups -OCH3 is 2. The normalized spacial score (nSPS) is 12.5. The van der Waals surface area contributed by atoms with Crippen molar-refractivity contribution in [1.82, 2.24) is 0 Å². The van der Waals surface area contributed by atoms with E-state index in [9.17, 15) is 0 Å². The van der Waals surface area contributed by atoms with Crippen LogP contribution in [0.25, 0.3) is 0 Å². The van der Waals surface area contributed by atoms with Crippen LogP contribution in [0.5, 0.6) is 0 Å². The van der Waals surface area contributed by atoms with Gasteiger partial charge in [0.25, 0.3) is 0 Å². The lowest BCUT2D eigenvalue weighted by Crippen LogP contribution is -2.39. The number of nitrogens with two attached hydrogens (primary N) is 1. The topological polar surface area (TPSA) is 47.7 Å². The standard InChI is InChI=1S/C15H26N2O2/c1-12-9-14(10-16)5-6-15(12)17(7-8-18-3)13(2)11-19-4/h5-6,9,13H,7-8,10-11,16H2,1-4H3. The number of nitrogens with zero attached hydrogens (tertiary/aromatic N) is 1. The number of anilines is 1. The summed E-state index contributed by atoms with van der Waals surface area (Å²) in [5.74, 6) is 0. The van der Waals surface area contributed by atoms with Gasteiger partial charge in [-0.15, -0.1) is 0 Å². The molecule has 108 valence electrons. The largest absolute Gasteiger partial charge is 0.383 e. The van der Waals surface area contributed by atoms with Gasteiger partial charge < -0.3 is 20.1 Å². The van der Waals surface area contributed by atoms with Gasteiger partial charge in [-0.05, 0) is 31.0 Å². The Morgan fingerprint density at radius 1 is 1.26 bits per heavy atom. The minimum Gasteiger partial charge on any atom is -0.383 e.